The normalized spacial score (nSPS) is 15.1. The number of benzene rings is 2. The van der Waals surface area contributed by atoms with Gasteiger partial charge in [-0.25, -0.2) is 0 Å². The summed E-state index contributed by atoms with van der Waals surface area (Å²) in [5, 5.41) is 14.1. The number of piperazine rings is 1. The molecule has 3 rings (SSSR count). The summed E-state index contributed by atoms with van der Waals surface area (Å²) in [6.45, 7) is 6.79. The third-order valence-corrected chi connectivity index (χ3v) is 6.79. The van der Waals surface area contributed by atoms with Gasteiger partial charge in [0.05, 0.1) is 16.9 Å². The predicted octanol–water partition coefficient (Wildman–Crippen LogP) is 4.93. The highest BCUT2D eigenvalue weighted by Crippen LogP contribution is 2.40. The number of hydrogen-bond donors (Lipinski definition) is 2. The average Bonchev–Trinajstić information content (AvgIpc) is 2.82. The Kier molecular flexibility index (Phi) is 8.86. The molecule has 1 fully saturated rings. The Hall–Kier alpha value is -2.70. The summed E-state index contributed by atoms with van der Waals surface area (Å²) < 4.78 is 41.8. The number of alkyl halides is 3. The first kappa shape index (κ1) is 25.9. The smallest absolute Gasteiger partial charge is 0.369 e. The van der Waals surface area contributed by atoms with E-state index in [9.17, 15) is 18.0 Å². The number of carbonyl (C=O) groups is 1. The van der Waals surface area contributed by atoms with E-state index in [1.54, 1.807) is 36.4 Å². The minimum atomic E-state index is -4.48. The summed E-state index contributed by atoms with van der Waals surface area (Å²) >= 11 is 1.35. The maximum Gasteiger partial charge on any atom is 0.417 e. The largest absolute Gasteiger partial charge is 0.417 e. The maximum atomic E-state index is 13.9. The zero-order valence-electron chi connectivity index (χ0n) is 19.3. The van der Waals surface area contributed by atoms with Crippen LogP contribution in [0.3, 0.4) is 0 Å². The molecule has 1 aliphatic rings. The van der Waals surface area contributed by atoms with Crippen LogP contribution in [0, 0.1) is 17.2 Å². The van der Waals surface area contributed by atoms with Crippen LogP contribution in [-0.2, 0) is 11.0 Å². The molecule has 2 aromatic carbocycles. The number of nitrogens with one attached hydrogen (secondary N) is 2. The van der Waals surface area contributed by atoms with Gasteiger partial charge in [-0.15, -0.1) is 11.8 Å². The molecule has 1 heterocycles. The number of anilines is 1. The number of carbonyl (C=O) groups excluding carboxylic acids is 1. The Morgan fingerprint density at radius 2 is 1.85 bits per heavy atom. The minimum absolute atomic E-state index is 0.0585. The average molecular weight is 491 g/mol. The summed E-state index contributed by atoms with van der Waals surface area (Å²) in [5.41, 5.74) is 0.522. The van der Waals surface area contributed by atoms with Gasteiger partial charge in [-0.3, -0.25) is 4.79 Å². The van der Waals surface area contributed by atoms with Gasteiger partial charge in [0.25, 0.3) is 0 Å². The Morgan fingerprint density at radius 3 is 2.44 bits per heavy atom. The van der Waals surface area contributed by atoms with Crippen molar-refractivity contribution >= 4 is 23.4 Å². The molecule has 182 valence electrons. The molecule has 2 aromatic rings. The van der Waals surface area contributed by atoms with Crippen molar-refractivity contribution in [2.24, 2.45) is 5.92 Å². The Balaban J connectivity index is 1.83. The highest BCUT2D eigenvalue weighted by Gasteiger charge is 2.34. The van der Waals surface area contributed by atoms with Crippen LogP contribution in [0.4, 0.5) is 18.9 Å². The lowest BCUT2D eigenvalue weighted by Gasteiger charge is -2.30. The van der Waals surface area contributed by atoms with Crippen molar-refractivity contribution in [3.63, 3.8) is 0 Å². The van der Waals surface area contributed by atoms with Gasteiger partial charge in [0, 0.05) is 36.8 Å². The molecule has 0 aliphatic carbocycles. The Labute approximate surface area is 202 Å². The monoisotopic (exact) mass is 490 g/mol. The number of amides is 1. The molecule has 1 unspecified atom stereocenters. The lowest BCUT2D eigenvalue weighted by molar-refractivity contribution is -0.137. The number of hydrogen-bond acceptors (Lipinski definition) is 5. The molecule has 0 bridgehead atoms. The standard InChI is InChI=1S/C25H29F3N4OS/c1-17(2)15-23(24(33)31-10-9-29)34-20-6-3-18(4-7-20)21-8-5-19(16-22(21)25(26,27)28)32-13-11-30-12-14-32/h3-8,16-17,23,30H,10-15H2,1-2H3,(H,31,33). The first-order valence-corrected chi connectivity index (χ1v) is 12.2. The highest BCUT2D eigenvalue weighted by molar-refractivity contribution is 8.00. The summed E-state index contributed by atoms with van der Waals surface area (Å²) in [6, 6.07) is 13.2. The number of halogens is 3. The van der Waals surface area contributed by atoms with Crippen molar-refractivity contribution in [3.8, 4) is 17.2 Å². The number of nitriles is 1. The predicted molar refractivity (Wildman–Crippen MR) is 130 cm³/mol. The second-order valence-corrected chi connectivity index (χ2v) is 9.88. The van der Waals surface area contributed by atoms with Gasteiger partial charge in [0.1, 0.15) is 6.54 Å². The molecule has 34 heavy (non-hydrogen) atoms. The van der Waals surface area contributed by atoms with Gasteiger partial charge in [0.15, 0.2) is 0 Å². The van der Waals surface area contributed by atoms with E-state index in [4.69, 9.17) is 5.26 Å². The van der Waals surface area contributed by atoms with Gasteiger partial charge in [0.2, 0.25) is 5.91 Å². The summed E-state index contributed by atoms with van der Waals surface area (Å²) in [6.07, 6.45) is -3.86. The molecule has 2 N–H and O–H groups in total. The second kappa shape index (κ2) is 11.6. The Morgan fingerprint density at radius 1 is 1.18 bits per heavy atom. The highest BCUT2D eigenvalue weighted by atomic mass is 32.2. The molecular weight excluding hydrogens is 461 g/mol. The molecule has 0 saturated carbocycles. The Bertz CT molecular complexity index is 1010. The molecular formula is C25H29F3N4OS. The number of rotatable bonds is 8. The molecule has 1 amide bonds. The van der Waals surface area contributed by atoms with E-state index >= 15 is 0 Å². The summed E-state index contributed by atoms with van der Waals surface area (Å²) in [5.74, 6) is 0.0559. The van der Waals surface area contributed by atoms with Crippen LogP contribution in [0.5, 0.6) is 0 Å². The molecule has 5 nitrogen and oxygen atoms in total. The van der Waals surface area contributed by atoms with Gasteiger partial charge in [-0.2, -0.15) is 18.4 Å². The molecule has 0 spiro atoms. The van der Waals surface area contributed by atoms with Crippen molar-refractivity contribution in [3.05, 3.63) is 48.0 Å². The van der Waals surface area contributed by atoms with Crippen molar-refractivity contribution in [1.82, 2.24) is 10.6 Å². The number of thioether (sulfide) groups is 1. The van der Waals surface area contributed by atoms with E-state index in [0.717, 1.165) is 18.0 Å². The van der Waals surface area contributed by atoms with Gasteiger partial charge < -0.3 is 15.5 Å². The van der Waals surface area contributed by atoms with Crippen molar-refractivity contribution in [2.75, 3.05) is 37.6 Å². The van der Waals surface area contributed by atoms with Gasteiger partial charge >= 0.3 is 6.18 Å². The topological polar surface area (TPSA) is 68.2 Å². The number of nitrogens with zero attached hydrogens (tertiary/aromatic N) is 2. The molecule has 1 saturated heterocycles. The lowest BCUT2D eigenvalue weighted by atomic mass is 9.98. The quantitative estimate of drug-likeness (QED) is 0.406. The maximum absolute atomic E-state index is 13.9. The molecule has 9 heteroatoms. The summed E-state index contributed by atoms with van der Waals surface area (Å²) in [4.78, 5) is 15.2. The van der Waals surface area contributed by atoms with E-state index in [1.807, 2.05) is 24.8 Å². The molecule has 0 aromatic heterocycles. The fourth-order valence-corrected chi connectivity index (χ4v) is 5.19. The SMILES string of the molecule is CC(C)CC(Sc1ccc(-c2ccc(N3CCNCC3)cc2C(F)(F)F)cc1)C(=O)NCC#N. The molecule has 1 aliphatic heterocycles. The van der Waals surface area contributed by atoms with Crippen LogP contribution in [0.25, 0.3) is 11.1 Å². The minimum Gasteiger partial charge on any atom is -0.369 e. The van der Waals surface area contributed by atoms with Gasteiger partial charge in [-0.1, -0.05) is 32.0 Å². The van der Waals surface area contributed by atoms with Crippen LogP contribution in [-0.4, -0.2) is 43.9 Å². The van der Waals surface area contributed by atoms with Crippen molar-refractivity contribution in [1.29, 1.82) is 5.26 Å². The van der Waals surface area contributed by atoms with E-state index in [0.29, 0.717) is 30.8 Å². The third kappa shape index (κ3) is 6.90. The second-order valence-electron chi connectivity index (χ2n) is 8.60. The lowest BCUT2D eigenvalue weighted by Crippen LogP contribution is -2.43. The first-order chi connectivity index (χ1) is 16.2. The molecule has 0 radical (unpaired) electrons. The summed E-state index contributed by atoms with van der Waals surface area (Å²) in [7, 11) is 0. The van der Waals surface area contributed by atoms with Crippen molar-refractivity contribution in [2.45, 2.75) is 36.6 Å². The first-order valence-electron chi connectivity index (χ1n) is 11.3. The van der Waals surface area contributed by atoms with Crippen LogP contribution >= 0.6 is 11.8 Å². The van der Waals surface area contributed by atoms with Gasteiger partial charge in [-0.05, 0) is 47.7 Å². The van der Waals surface area contributed by atoms with E-state index < -0.39 is 11.7 Å². The van der Waals surface area contributed by atoms with Crippen LogP contribution < -0.4 is 15.5 Å². The fourth-order valence-electron chi connectivity index (χ4n) is 3.89. The van der Waals surface area contributed by atoms with E-state index in [2.05, 4.69) is 10.6 Å². The van der Waals surface area contributed by atoms with Crippen LogP contribution in [0.15, 0.2) is 47.4 Å². The zero-order chi connectivity index (χ0) is 24.7. The zero-order valence-corrected chi connectivity index (χ0v) is 20.1. The molecule has 1 atom stereocenters. The van der Waals surface area contributed by atoms with Crippen molar-refractivity contribution < 1.29 is 18.0 Å². The third-order valence-electron chi connectivity index (χ3n) is 5.55. The van der Waals surface area contributed by atoms with Crippen LogP contribution in [0.2, 0.25) is 0 Å². The fraction of sp³-hybridized carbons (Fsp3) is 0.440. The van der Waals surface area contributed by atoms with E-state index in [-0.39, 0.29) is 29.2 Å². The van der Waals surface area contributed by atoms with Crippen LogP contribution in [0.1, 0.15) is 25.8 Å². The van der Waals surface area contributed by atoms with E-state index in [1.165, 1.54) is 17.8 Å².